The molecule has 2 aromatic heterocycles. The first kappa shape index (κ1) is 25.0. The lowest BCUT2D eigenvalue weighted by Gasteiger charge is -2.09. The molecule has 0 fully saturated rings. The zero-order chi connectivity index (χ0) is 24.0. The number of halogens is 2. The molecule has 2 heterocycles. The highest BCUT2D eigenvalue weighted by Crippen LogP contribution is 2.29. The van der Waals surface area contributed by atoms with Crippen LogP contribution in [0.5, 0.6) is 5.75 Å². The highest BCUT2D eigenvalue weighted by Gasteiger charge is 2.19. The summed E-state index contributed by atoms with van der Waals surface area (Å²) in [6.07, 6.45) is 0. The number of aryl methyl sites for hydroxylation is 1. The molecular formula is C21H22ClFN4O4S2. The number of thiophene rings is 1. The summed E-state index contributed by atoms with van der Waals surface area (Å²) in [5.41, 5.74) is 0.342. The molecule has 0 aliphatic carbocycles. The molecule has 0 bridgehead atoms. The number of hydrogen-bond donors (Lipinski definition) is 1. The van der Waals surface area contributed by atoms with Gasteiger partial charge in [-0.05, 0) is 39.0 Å². The number of carbonyl (C=O) groups is 2. The van der Waals surface area contributed by atoms with Crippen molar-refractivity contribution >= 4 is 51.6 Å². The predicted molar refractivity (Wildman–Crippen MR) is 126 cm³/mol. The first-order valence-electron chi connectivity index (χ1n) is 10.0. The van der Waals surface area contributed by atoms with Crippen LogP contribution < -0.4 is 10.1 Å². The zero-order valence-corrected chi connectivity index (χ0v) is 20.6. The maximum Gasteiger partial charge on any atom is 0.341 e. The van der Waals surface area contributed by atoms with Crippen molar-refractivity contribution in [2.75, 3.05) is 17.7 Å². The van der Waals surface area contributed by atoms with Gasteiger partial charge in [0, 0.05) is 17.5 Å². The fourth-order valence-corrected chi connectivity index (χ4v) is 4.73. The number of thioether (sulfide) groups is 1. The predicted octanol–water partition coefficient (Wildman–Crippen LogP) is 4.95. The second-order valence-corrected chi connectivity index (χ2v) is 9.27. The minimum Gasteiger partial charge on any atom is -0.486 e. The van der Waals surface area contributed by atoms with Crippen LogP contribution in [0.2, 0.25) is 5.02 Å². The van der Waals surface area contributed by atoms with Crippen molar-refractivity contribution < 1.29 is 23.5 Å². The van der Waals surface area contributed by atoms with Crippen LogP contribution in [0.4, 0.5) is 9.39 Å². The Bertz CT molecular complexity index is 1150. The van der Waals surface area contributed by atoms with Crippen LogP contribution in [-0.4, -0.2) is 39.0 Å². The van der Waals surface area contributed by atoms with Crippen LogP contribution >= 0.6 is 34.7 Å². The lowest BCUT2D eigenvalue weighted by Crippen LogP contribution is -2.16. The van der Waals surface area contributed by atoms with Crippen LogP contribution in [-0.2, 0) is 22.7 Å². The number of rotatable bonds is 10. The van der Waals surface area contributed by atoms with Gasteiger partial charge in [0.15, 0.2) is 11.0 Å². The number of aromatic nitrogens is 3. The van der Waals surface area contributed by atoms with Crippen molar-refractivity contribution in [2.45, 2.75) is 39.1 Å². The van der Waals surface area contributed by atoms with Crippen molar-refractivity contribution in [2.24, 2.45) is 0 Å². The molecule has 1 N–H and O–H groups in total. The monoisotopic (exact) mass is 512 g/mol. The fraction of sp³-hybridized carbons (Fsp3) is 0.333. The summed E-state index contributed by atoms with van der Waals surface area (Å²) in [7, 11) is 0. The van der Waals surface area contributed by atoms with E-state index in [9.17, 15) is 14.0 Å². The van der Waals surface area contributed by atoms with E-state index in [2.05, 4.69) is 15.5 Å². The molecule has 0 saturated heterocycles. The Labute approximate surface area is 203 Å². The maximum absolute atomic E-state index is 13.3. The third kappa shape index (κ3) is 6.46. The normalized spacial score (nSPS) is 10.8. The molecular weight excluding hydrogens is 491 g/mol. The van der Waals surface area contributed by atoms with E-state index < -0.39 is 11.8 Å². The molecule has 3 rings (SSSR count). The molecule has 0 aliphatic heterocycles. The molecule has 8 nitrogen and oxygen atoms in total. The van der Waals surface area contributed by atoms with E-state index in [1.165, 1.54) is 41.3 Å². The Kier molecular flexibility index (Phi) is 8.70. The van der Waals surface area contributed by atoms with Crippen molar-refractivity contribution in [3.8, 4) is 5.75 Å². The molecule has 0 saturated carbocycles. The minimum atomic E-state index is -0.523. The van der Waals surface area contributed by atoms with Crippen LogP contribution in [0.3, 0.4) is 0 Å². The molecule has 0 atom stereocenters. The Morgan fingerprint density at radius 2 is 2.06 bits per heavy atom. The Morgan fingerprint density at radius 1 is 1.27 bits per heavy atom. The van der Waals surface area contributed by atoms with Crippen LogP contribution in [0.1, 0.15) is 34.9 Å². The van der Waals surface area contributed by atoms with Crippen molar-refractivity contribution in [1.29, 1.82) is 0 Å². The molecule has 1 amide bonds. The van der Waals surface area contributed by atoms with Gasteiger partial charge in [0.25, 0.3) is 0 Å². The highest BCUT2D eigenvalue weighted by atomic mass is 35.5. The van der Waals surface area contributed by atoms with Crippen LogP contribution in [0, 0.1) is 12.7 Å². The summed E-state index contributed by atoms with van der Waals surface area (Å²) in [6, 6.07) is 5.79. The first-order chi connectivity index (χ1) is 15.8. The van der Waals surface area contributed by atoms with E-state index in [4.69, 9.17) is 21.1 Å². The summed E-state index contributed by atoms with van der Waals surface area (Å²) in [5.74, 6) is -0.237. The second kappa shape index (κ2) is 11.5. The van der Waals surface area contributed by atoms with Gasteiger partial charge < -0.3 is 19.4 Å². The fourth-order valence-electron chi connectivity index (χ4n) is 2.83. The largest absolute Gasteiger partial charge is 0.486 e. The SMILES string of the molecule is CCOC(=O)c1cc(C)sc1NC(=O)CSc1nnc(COc2ccc(F)c(Cl)c2)n1CC. The number of esters is 1. The van der Waals surface area contributed by atoms with Crippen LogP contribution in [0.15, 0.2) is 29.4 Å². The Hall–Kier alpha value is -2.63. The van der Waals surface area contributed by atoms with Gasteiger partial charge in [-0.2, -0.15) is 0 Å². The van der Waals surface area contributed by atoms with Gasteiger partial charge in [0.05, 0.1) is 22.9 Å². The number of nitrogens with one attached hydrogen (secondary N) is 1. The van der Waals surface area contributed by atoms with Gasteiger partial charge in [-0.15, -0.1) is 21.5 Å². The van der Waals surface area contributed by atoms with E-state index in [0.717, 1.165) is 4.88 Å². The van der Waals surface area contributed by atoms with Gasteiger partial charge in [-0.25, -0.2) is 9.18 Å². The smallest absolute Gasteiger partial charge is 0.341 e. The second-order valence-electron chi connectivity index (χ2n) is 6.66. The number of ether oxygens (including phenoxy) is 2. The molecule has 0 spiro atoms. The van der Waals surface area contributed by atoms with Gasteiger partial charge in [0.1, 0.15) is 23.2 Å². The Balaban J connectivity index is 1.60. The van der Waals surface area contributed by atoms with Crippen molar-refractivity contribution in [1.82, 2.24) is 14.8 Å². The van der Waals surface area contributed by atoms with Gasteiger partial charge in [0.2, 0.25) is 5.91 Å². The number of nitrogens with zero attached hydrogens (tertiary/aromatic N) is 3. The molecule has 12 heteroatoms. The van der Waals surface area contributed by atoms with E-state index in [1.807, 2.05) is 18.4 Å². The zero-order valence-electron chi connectivity index (χ0n) is 18.2. The van der Waals surface area contributed by atoms with Gasteiger partial charge in [-0.3, -0.25) is 4.79 Å². The molecule has 0 unspecified atom stereocenters. The Morgan fingerprint density at radius 3 is 2.76 bits per heavy atom. The van der Waals surface area contributed by atoms with E-state index in [-0.39, 0.29) is 29.9 Å². The van der Waals surface area contributed by atoms with E-state index in [0.29, 0.717) is 33.8 Å². The van der Waals surface area contributed by atoms with Crippen LogP contribution in [0.25, 0.3) is 0 Å². The molecule has 0 radical (unpaired) electrons. The number of anilines is 1. The molecule has 3 aromatic rings. The summed E-state index contributed by atoms with van der Waals surface area (Å²) >= 11 is 8.31. The molecule has 1 aromatic carbocycles. The van der Waals surface area contributed by atoms with Crippen molar-refractivity contribution in [3.63, 3.8) is 0 Å². The topological polar surface area (TPSA) is 95.3 Å². The molecule has 176 valence electrons. The van der Waals surface area contributed by atoms with Gasteiger partial charge in [-0.1, -0.05) is 23.4 Å². The summed E-state index contributed by atoms with van der Waals surface area (Å²) in [6.45, 7) is 6.43. The maximum atomic E-state index is 13.3. The van der Waals surface area contributed by atoms with Gasteiger partial charge >= 0.3 is 5.97 Å². The third-order valence-electron chi connectivity index (χ3n) is 4.30. The minimum absolute atomic E-state index is 0.0289. The summed E-state index contributed by atoms with van der Waals surface area (Å²) in [5, 5.41) is 12.0. The lowest BCUT2D eigenvalue weighted by atomic mass is 10.3. The molecule has 0 aliphatic rings. The number of hydrogen-bond acceptors (Lipinski definition) is 8. The number of benzene rings is 1. The third-order valence-corrected chi connectivity index (χ3v) is 6.53. The average molecular weight is 513 g/mol. The average Bonchev–Trinajstić information content (AvgIpc) is 3.35. The van der Waals surface area contributed by atoms with E-state index in [1.54, 1.807) is 13.0 Å². The summed E-state index contributed by atoms with van der Waals surface area (Å²) < 4.78 is 25.8. The van der Waals surface area contributed by atoms with E-state index >= 15 is 0 Å². The van der Waals surface area contributed by atoms with Crippen molar-refractivity contribution in [3.05, 3.63) is 51.4 Å². The standard InChI is InChI=1S/C21H22ClFN4O4S2/c1-4-27-17(10-31-13-6-7-16(23)15(22)9-13)25-26-21(27)32-11-18(28)24-19-14(8-12(3)33-19)20(29)30-5-2/h6-9H,4-5,10-11H2,1-3H3,(H,24,28). The summed E-state index contributed by atoms with van der Waals surface area (Å²) in [4.78, 5) is 25.5. The number of carbonyl (C=O) groups excluding carboxylic acids is 2. The first-order valence-corrected chi connectivity index (χ1v) is 12.2. The quantitative estimate of drug-likeness (QED) is 0.303. The molecule has 33 heavy (non-hydrogen) atoms. The lowest BCUT2D eigenvalue weighted by molar-refractivity contribution is -0.113. The highest BCUT2D eigenvalue weighted by molar-refractivity contribution is 7.99. The number of amides is 1.